The maximum Gasteiger partial charge on any atom is 0.328 e. The molecule has 0 aliphatic rings. The molecule has 0 fully saturated rings. The Morgan fingerprint density at radius 2 is 1.75 bits per heavy atom. The van der Waals surface area contributed by atoms with E-state index < -0.39 is 16.1 Å². The first-order valence-corrected chi connectivity index (χ1v) is 15.9. The van der Waals surface area contributed by atoms with Crippen molar-refractivity contribution >= 4 is 50.3 Å². The number of urea groups is 1. The summed E-state index contributed by atoms with van der Waals surface area (Å²) in [5.74, 6) is 0.944. The molecular formula is C29H29N5O3S3. The van der Waals surface area contributed by atoms with Crippen molar-refractivity contribution in [3.8, 4) is 5.69 Å². The Hall–Kier alpha value is -3.67. The maximum atomic E-state index is 12.7. The first-order chi connectivity index (χ1) is 19.2. The summed E-state index contributed by atoms with van der Waals surface area (Å²) in [5, 5.41) is 2.65. The molecule has 0 saturated carbocycles. The normalized spacial score (nSPS) is 11.6. The van der Waals surface area contributed by atoms with Gasteiger partial charge in [-0.2, -0.15) is 0 Å². The van der Waals surface area contributed by atoms with E-state index in [0.29, 0.717) is 6.42 Å². The lowest BCUT2D eigenvalue weighted by Crippen LogP contribution is -2.39. The minimum Gasteiger partial charge on any atom is -0.337 e. The van der Waals surface area contributed by atoms with Crippen LogP contribution >= 0.6 is 23.1 Å². The van der Waals surface area contributed by atoms with Crippen LogP contribution in [-0.4, -0.2) is 35.5 Å². The fourth-order valence-electron chi connectivity index (χ4n) is 4.36. The Morgan fingerprint density at radius 1 is 1.00 bits per heavy atom. The maximum absolute atomic E-state index is 12.7. The average molecular weight is 592 g/mol. The van der Waals surface area contributed by atoms with Crippen molar-refractivity contribution in [3.63, 3.8) is 0 Å². The number of carbonyl (C=O) groups excluding carboxylic acids is 1. The predicted octanol–water partition coefficient (Wildman–Crippen LogP) is 6.04. The molecule has 5 aromatic rings. The zero-order valence-electron chi connectivity index (χ0n) is 22.3. The highest BCUT2D eigenvalue weighted by Gasteiger charge is 2.20. The summed E-state index contributed by atoms with van der Waals surface area (Å²) in [7, 11) is -3.96. The molecule has 0 bridgehead atoms. The summed E-state index contributed by atoms with van der Waals surface area (Å²) in [5.41, 5.74) is 5.78. The van der Waals surface area contributed by atoms with Crippen molar-refractivity contribution in [2.45, 2.75) is 46.9 Å². The Kier molecular flexibility index (Phi) is 8.24. The van der Waals surface area contributed by atoms with Crippen molar-refractivity contribution in [2.24, 2.45) is 0 Å². The van der Waals surface area contributed by atoms with Crippen LogP contribution in [-0.2, 0) is 22.9 Å². The molecule has 5 rings (SSSR count). The number of pyridine rings is 1. The topological polar surface area (TPSA) is 106 Å². The van der Waals surface area contributed by atoms with Gasteiger partial charge in [-0.25, -0.2) is 27.9 Å². The molecule has 0 radical (unpaired) electrons. The van der Waals surface area contributed by atoms with Crippen LogP contribution in [0.25, 0.3) is 16.9 Å². The molecule has 0 unspecified atom stereocenters. The molecule has 40 heavy (non-hydrogen) atoms. The van der Waals surface area contributed by atoms with Gasteiger partial charge in [0.25, 0.3) is 10.0 Å². The number of rotatable bonds is 9. The fourth-order valence-corrected chi connectivity index (χ4v) is 7.87. The fraction of sp³-hybridized carbons (Fsp3) is 0.207. The van der Waals surface area contributed by atoms with E-state index in [1.807, 2.05) is 74.5 Å². The molecule has 11 heteroatoms. The number of imidazole rings is 1. The van der Waals surface area contributed by atoms with Crippen LogP contribution in [0, 0.1) is 13.8 Å². The number of sulfonamides is 1. The summed E-state index contributed by atoms with van der Waals surface area (Å²) in [6.45, 7) is 6.39. The number of aromatic nitrogens is 3. The summed E-state index contributed by atoms with van der Waals surface area (Å²) >= 11 is 2.60. The van der Waals surface area contributed by atoms with E-state index in [0.717, 1.165) is 66.4 Å². The zero-order chi connectivity index (χ0) is 28.3. The monoisotopic (exact) mass is 591 g/mol. The second-order valence-corrected chi connectivity index (χ2v) is 13.6. The van der Waals surface area contributed by atoms with Crippen molar-refractivity contribution in [2.75, 3.05) is 6.54 Å². The van der Waals surface area contributed by atoms with Crippen molar-refractivity contribution < 1.29 is 13.2 Å². The van der Waals surface area contributed by atoms with E-state index in [1.54, 1.807) is 6.07 Å². The van der Waals surface area contributed by atoms with E-state index >= 15 is 0 Å². The van der Waals surface area contributed by atoms with Crippen LogP contribution in [0.3, 0.4) is 0 Å². The summed E-state index contributed by atoms with van der Waals surface area (Å²) in [6.07, 6.45) is 1.32. The number of thiophene rings is 1. The van der Waals surface area contributed by atoms with Gasteiger partial charge in [0.1, 0.15) is 15.6 Å². The van der Waals surface area contributed by atoms with E-state index in [2.05, 4.69) is 21.5 Å². The first-order valence-electron chi connectivity index (χ1n) is 12.8. The number of nitrogens with one attached hydrogen (secondary N) is 2. The third-order valence-electron chi connectivity index (χ3n) is 6.22. The Balaban J connectivity index is 1.18. The SMILES string of the molecule is CCc1nc2c(C)cc(C)nc2n1-c1ccc(CCNC(=O)NS(=O)(=O)c2ccc(Sc3ccccc3)s2)cc1. The molecule has 2 aromatic carbocycles. The van der Waals surface area contributed by atoms with E-state index in [-0.39, 0.29) is 10.8 Å². The van der Waals surface area contributed by atoms with E-state index in [4.69, 9.17) is 9.97 Å². The number of fused-ring (bicyclic) bond motifs is 1. The predicted molar refractivity (Wildman–Crippen MR) is 160 cm³/mol. The van der Waals surface area contributed by atoms with Crippen LogP contribution in [0.1, 0.15) is 29.6 Å². The van der Waals surface area contributed by atoms with Gasteiger partial charge in [-0.05, 0) is 73.9 Å². The van der Waals surface area contributed by atoms with Gasteiger partial charge < -0.3 is 5.32 Å². The molecule has 0 aliphatic heterocycles. The molecular weight excluding hydrogens is 563 g/mol. The summed E-state index contributed by atoms with van der Waals surface area (Å²) in [6, 6.07) is 22.3. The van der Waals surface area contributed by atoms with E-state index in [9.17, 15) is 13.2 Å². The number of hydrogen-bond acceptors (Lipinski definition) is 7. The minimum atomic E-state index is -3.96. The number of benzene rings is 2. The number of nitrogens with zero attached hydrogens (tertiary/aromatic N) is 3. The smallest absolute Gasteiger partial charge is 0.328 e. The molecule has 0 aliphatic carbocycles. The highest BCUT2D eigenvalue weighted by Crippen LogP contribution is 2.34. The molecule has 0 spiro atoms. The quantitative estimate of drug-likeness (QED) is 0.216. The van der Waals surface area contributed by atoms with Gasteiger partial charge in [-0.15, -0.1) is 11.3 Å². The third-order valence-corrected chi connectivity index (χ3v) is 10.3. The van der Waals surface area contributed by atoms with E-state index in [1.165, 1.54) is 17.8 Å². The van der Waals surface area contributed by atoms with Gasteiger partial charge in [0.05, 0.1) is 4.21 Å². The Bertz CT molecular complexity index is 1760. The van der Waals surface area contributed by atoms with Gasteiger partial charge in [0, 0.05) is 29.2 Å². The minimum absolute atomic E-state index is 0.0926. The zero-order valence-corrected chi connectivity index (χ0v) is 24.8. The molecule has 8 nitrogen and oxygen atoms in total. The number of amides is 2. The molecule has 3 aromatic heterocycles. The molecule has 0 saturated heterocycles. The van der Waals surface area contributed by atoms with Gasteiger partial charge in [0.15, 0.2) is 5.65 Å². The second-order valence-electron chi connectivity index (χ2n) is 9.24. The van der Waals surface area contributed by atoms with Gasteiger partial charge in [0.2, 0.25) is 0 Å². The van der Waals surface area contributed by atoms with Crippen LogP contribution in [0.15, 0.2) is 86.1 Å². The van der Waals surface area contributed by atoms with Crippen LogP contribution < -0.4 is 10.0 Å². The average Bonchev–Trinajstić information content (AvgIpc) is 3.55. The van der Waals surface area contributed by atoms with Gasteiger partial charge in [-0.1, -0.05) is 49.0 Å². The number of aryl methyl sites for hydroxylation is 3. The Morgan fingerprint density at radius 3 is 2.48 bits per heavy atom. The third kappa shape index (κ3) is 6.22. The molecule has 0 atom stereocenters. The standard InChI is InChI=1S/C29H29N5O3S3/c1-4-24-32-27-19(2)18-20(3)31-28(27)34(24)22-12-10-21(11-13-22)16-17-30-29(35)33-40(36,37)26-15-14-25(39-26)38-23-8-6-5-7-9-23/h5-15,18H,4,16-17H2,1-3H3,(H2,30,33,35). The lowest BCUT2D eigenvalue weighted by Gasteiger charge is -2.10. The van der Waals surface area contributed by atoms with Crippen molar-refractivity contribution in [1.29, 1.82) is 0 Å². The van der Waals surface area contributed by atoms with Gasteiger partial charge >= 0.3 is 6.03 Å². The first kappa shape index (κ1) is 27.9. The lowest BCUT2D eigenvalue weighted by atomic mass is 10.1. The largest absolute Gasteiger partial charge is 0.337 e. The number of carbonyl (C=O) groups is 1. The van der Waals surface area contributed by atoms with Crippen LogP contribution in [0.2, 0.25) is 0 Å². The Labute approximate surface area is 241 Å². The molecule has 2 amide bonds. The summed E-state index contributed by atoms with van der Waals surface area (Å²) in [4.78, 5) is 22.9. The van der Waals surface area contributed by atoms with Crippen LogP contribution in [0.5, 0.6) is 0 Å². The highest BCUT2D eigenvalue weighted by molar-refractivity contribution is 8.01. The molecule has 206 valence electrons. The summed E-state index contributed by atoms with van der Waals surface area (Å²) < 4.78 is 30.5. The molecule has 3 heterocycles. The number of hydrogen-bond donors (Lipinski definition) is 2. The van der Waals surface area contributed by atoms with Crippen LogP contribution in [0.4, 0.5) is 4.79 Å². The second kappa shape index (κ2) is 11.8. The molecule has 2 N–H and O–H groups in total. The lowest BCUT2D eigenvalue weighted by molar-refractivity contribution is 0.246. The van der Waals surface area contributed by atoms with Crippen molar-refractivity contribution in [3.05, 3.63) is 95.4 Å². The van der Waals surface area contributed by atoms with Crippen molar-refractivity contribution in [1.82, 2.24) is 24.6 Å². The highest BCUT2D eigenvalue weighted by atomic mass is 32.3. The van der Waals surface area contributed by atoms with Gasteiger partial charge in [-0.3, -0.25) is 4.57 Å².